The maximum absolute atomic E-state index is 11.9. The average molecular weight is 286 g/mol. The van der Waals surface area contributed by atoms with Gasteiger partial charge in [0.2, 0.25) is 10.0 Å². The largest absolute Gasteiger partial charge is 0.399 e. The monoisotopic (exact) mass is 286 g/mol. The number of nitrogens with two attached hydrogens (primary N) is 1. The van der Waals surface area contributed by atoms with Gasteiger partial charge in [-0.25, -0.2) is 13.1 Å². The summed E-state index contributed by atoms with van der Waals surface area (Å²) in [5.74, 6) is -0.0670. The molecule has 19 heavy (non-hydrogen) atoms. The van der Waals surface area contributed by atoms with Gasteiger partial charge in [0, 0.05) is 18.8 Å². The van der Waals surface area contributed by atoms with E-state index in [0.29, 0.717) is 24.2 Å². The van der Waals surface area contributed by atoms with Crippen LogP contribution < -0.4 is 10.5 Å². The minimum absolute atomic E-state index is 0.0483. The van der Waals surface area contributed by atoms with E-state index in [4.69, 9.17) is 10.8 Å². The molecule has 1 aromatic rings. The summed E-state index contributed by atoms with van der Waals surface area (Å²) in [6.45, 7) is 4.18. The molecule has 4 N–H and O–H groups in total. The van der Waals surface area contributed by atoms with Gasteiger partial charge in [0.15, 0.2) is 0 Å². The van der Waals surface area contributed by atoms with Gasteiger partial charge >= 0.3 is 0 Å². The number of sulfonamides is 1. The second kappa shape index (κ2) is 6.36. The van der Waals surface area contributed by atoms with Gasteiger partial charge in [0.05, 0.1) is 5.75 Å². The number of benzene rings is 1. The summed E-state index contributed by atoms with van der Waals surface area (Å²) in [6, 6.07) is 6.77. The Labute approximate surface area is 114 Å². The van der Waals surface area contributed by atoms with Crippen LogP contribution in [-0.2, 0) is 15.8 Å². The van der Waals surface area contributed by atoms with Crippen molar-refractivity contribution in [2.75, 3.05) is 18.9 Å². The Balaban J connectivity index is 2.59. The molecule has 1 aromatic carbocycles. The first-order chi connectivity index (χ1) is 8.74. The topological polar surface area (TPSA) is 92.4 Å². The van der Waals surface area contributed by atoms with E-state index in [2.05, 4.69) is 4.72 Å². The Morgan fingerprint density at radius 1 is 1.26 bits per heavy atom. The van der Waals surface area contributed by atoms with Gasteiger partial charge in [-0.05, 0) is 29.5 Å². The predicted octanol–water partition coefficient (Wildman–Crippen LogP) is 1.10. The van der Waals surface area contributed by atoms with Crippen LogP contribution in [0.25, 0.3) is 0 Å². The summed E-state index contributed by atoms with van der Waals surface area (Å²) >= 11 is 0. The number of rotatable bonds is 7. The molecule has 0 bridgehead atoms. The molecule has 6 heteroatoms. The quantitative estimate of drug-likeness (QED) is 0.654. The summed E-state index contributed by atoms with van der Waals surface area (Å²) in [5.41, 5.74) is 6.60. The molecule has 108 valence electrons. The maximum atomic E-state index is 11.9. The Morgan fingerprint density at radius 2 is 1.84 bits per heavy atom. The van der Waals surface area contributed by atoms with E-state index in [1.54, 1.807) is 24.3 Å². The number of aliphatic hydroxyl groups excluding tert-OH is 1. The maximum Gasteiger partial charge on any atom is 0.215 e. The number of nitrogen functional groups attached to an aromatic ring is 1. The first-order valence-electron chi connectivity index (χ1n) is 6.17. The Hall–Kier alpha value is -1.11. The van der Waals surface area contributed by atoms with Crippen molar-refractivity contribution in [1.82, 2.24) is 4.72 Å². The van der Waals surface area contributed by atoms with Gasteiger partial charge in [-0.15, -0.1) is 0 Å². The third-order valence-electron chi connectivity index (χ3n) is 2.90. The molecule has 0 fully saturated rings. The summed E-state index contributed by atoms with van der Waals surface area (Å²) in [5, 5.41) is 8.90. The molecule has 0 aliphatic carbocycles. The van der Waals surface area contributed by atoms with Crippen LogP contribution >= 0.6 is 0 Å². The van der Waals surface area contributed by atoms with Gasteiger partial charge in [-0.2, -0.15) is 0 Å². The molecule has 0 heterocycles. The SMILES string of the molecule is CC(C)(CCO)CNS(=O)(=O)Cc1ccc(N)cc1. The molecule has 0 unspecified atom stereocenters. The van der Waals surface area contributed by atoms with Crippen LogP contribution in [0.1, 0.15) is 25.8 Å². The standard InChI is InChI=1S/C13H22N2O3S/c1-13(2,7-8-16)10-15-19(17,18)9-11-3-5-12(14)6-4-11/h3-6,15-16H,7-10,14H2,1-2H3. The highest BCUT2D eigenvalue weighted by atomic mass is 32.2. The van der Waals surface area contributed by atoms with Crippen LogP contribution in [0.2, 0.25) is 0 Å². The third kappa shape index (κ3) is 6.04. The first kappa shape index (κ1) is 15.9. The molecule has 0 saturated heterocycles. The van der Waals surface area contributed by atoms with Gasteiger partial charge in [-0.1, -0.05) is 26.0 Å². The van der Waals surface area contributed by atoms with Crippen LogP contribution in [0.15, 0.2) is 24.3 Å². The van der Waals surface area contributed by atoms with Crippen LogP contribution in [0.3, 0.4) is 0 Å². The van der Waals surface area contributed by atoms with Crippen LogP contribution in [0, 0.1) is 5.41 Å². The summed E-state index contributed by atoms with van der Waals surface area (Å²) in [7, 11) is -3.37. The van der Waals surface area contributed by atoms with Gasteiger partial charge in [0.25, 0.3) is 0 Å². The van der Waals surface area contributed by atoms with E-state index in [9.17, 15) is 8.42 Å². The lowest BCUT2D eigenvalue weighted by Crippen LogP contribution is -2.35. The lowest BCUT2D eigenvalue weighted by atomic mass is 9.90. The van der Waals surface area contributed by atoms with E-state index in [0.717, 1.165) is 0 Å². The molecule has 0 radical (unpaired) electrons. The summed E-state index contributed by atoms with van der Waals surface area (Å²) in [6.07, 6.45) is 0.553. The lowest BCUT2D eigenvalue weighted by Gasteiger charge is -2.23. The van der Waals surface area contributed by atoms with Gasteiger partial charge in [-0.3, -0.25) is 0 Å². The number of nitrogens with one attached hydrogen (secondary N) is 1. The van der Waals surface area contributed by atoms with Crippen molar-refractivity contribution in [3.8, 4) is 0 Å². The Bertz CT molecular complexity index is 495. The third-order valence-corrected chi connectivity index (χ3v) is 4.19. The molecule has 0 aliphatic heterocycles. The van der Waals surface area contributed by atoms with Crippen molar-refractivity contribution in [1.29, 1.82) is 0 Å². The molecule has 0 saturated carbocycles. The number of aliphatic hydroxyl groups is 1. The number of hydrogen-bond acceptors (Lipinski definition) is 4. The smallest absolute Gasteiger partial charge is 0.215 e. The van der Waals surface area contributed by atoms with Crippen molar-refractivity contribution in [2.45, 2.75) is 26.0 Å². The van der Waals surface area contributed by atoms with Crippen molar-refractivity contribution in [2.24, 2.45) is 5.41 Å². The van der Waals surface area contributed by atoms with Crippen LogP contribution in [0.4, 0.5) is 5.69 Å². The van der Waals surface area contributed by atoms with Gasteiger partial charge < -0.3 is 10.8 Å². The average Bonchev–Trinajstić information content (AvgIpc) is 2.30. The minimum Gasteiger partial charge on any atom is -0.399 e. The zero-order valence-corrected chi connectivity index (χ0v) is 12.2. The molecule has 0 spiro atoms. The van der Waals surface area contributed by atoms with E-state index < -0.39 is 10.0 Å². The first-order valence-corrected chi connectivity index (χ1v) is 7.82. The fourth-order valence-electron chi connectivity index (χ4n) is 1.58. The molecule has 0 aliphatic rings. The van der Waals surface area contributed by atoms with Crippen LogP contribution in [0.5, 0.6) is 0 Å². The fraction of sp³-hybridized carbons (Fsp3) is 0.538. The Morgan fingerprint density at radius 3 is 2.37 bits per heavy atom. The Kier molecular flexibility index (Phi) is 5.34. The van der Waals surface area contributed by atoms with E-state index in [-0.39, 0.29) is 17.8 Å². The highest BCUT2D eigenvalue weighted by Crippen LogP contribution is 2.19. The molecule has 0 aromatic heterocycles. The normalized spacial score (nSPS) is 12.6. The van der Waals surface area contributed by atoms with Crippen molar-refractivity contribution < 1.29 is 13.5 Å². The van der Waals surface area contributed by atoms with E-state index in [1.807, 2.05) is 13.8 Å². The van der Waals surface area contributed by atoms with E-state index in [1.165, 1.54) is 0 Å². The molecule has 1 rings (SSSR count). The van der Waals surface area contributed by atoms with E-state index >= 15 is 0 Å². The zero-order valence-electron chi connectivity index (χ0n) is 11.4. The highest BCUT2D eigenvalue weighted by Gasteiger charge is 2.20. The second-order valence-corrected chi connectivity index (χ2v) is 7.27. The van der Waals surface area contributed by atoms with Crippen LogP contribution in [-0.4, -0.2) is 26.7 Å². The summed E-state index contributed by atoms with van der Waals surface area (Å²) in [4.78, 5) is 0. The lowest BCUT2D eigenvalue weighted by molar-refractivity contribution is 0.213. The summed E-state index contributed by atoms with van der Waals surface area (Å²) < 4.78 is 26.4. The molecule has 0 atom stereocenters. The highest BCUT2D eigenvalue weighted by molar-refractivity contribution is 7.88. The minimum atomic E-state index is -3.37. The molecular weight excluding hydrogens is 264 g/mol. The van der Waals surface area contributed by atoms with Gasteiger partial charge in [0.1, 0.15) is 0 Å². The van der Waals surface area contributed by atoms with Crippen molar-refractivity contribution >= 4 is 15.7 Å². The number of hydrogen-bond donors (Lipinski definition) is 3. The molecule has 5 nitrogen and oxygen atoms in total. The fourth-order valence-corrected chi connectivity index (χ4v) is 2.92. The molecule has 0 amide bonds. The van der Waals surface area contributed by atoms with Crippen molar-refractivity contribution in [3.63, 3.8) is 0 Å². The van der Waals surface area contributed by atoms with Crippen molar-refractivity contribution in [3.05, 3.63) is 29.8 Å². The number of anilines is 1. The predicted molar refractivity (Wildman–Crippen MR) is 77.0 cm³/mol. The molecular formula is C13H22N2O3S. The zero-order chi connectivity index (χ0) is 14.5. The second-order valence-electron chi connectivity index (χ2n) is 5.46.